The van der Waals surface area contributed by atoms with Gasteiger partial charge in [0.05, 0.1) is 22.3 Å². The van der Waals surface area contributed by atoms with Gasteiger partial charge in [-0.3, -0.25) is 0 Å². The number of aromatic nitrogens is 2. The number of aryl methyl sites for hydroxylation is 1. The van der Waals surface area contributed by atoms with Crippen LogP contribution in [0.3, 0.4) is 0 Å². The fraction of sp³-hybridized carbons (Fsp3) is 0.182. The van der Waals surface area contributed by atoms with Crippen molar-refractivity contribution in [3.63, 3.8) is 0 Å². The Balaban J connectivity index is 2.69. The minimum absolute atomic E-state index is 0.0900. The fourth-order valence-corrected chi connectivity index (χ4v) is 1.52. The summed E-state index contributed by atoms with van der Waals surface area (Å²) in [7, 11) is 0. The van der Waals surface area contributed by atoms with Gasteiger partial charge in [0.1, 0.15) is 0 Å². The van der Waals surface area contributed by atoms with E-state index in [1.54, 1.807) is 0 Å². The van der Waals surface area contributed by atoms with Crippen LogP contribution in [0.1, 0.15) is 21.7 Å². The number of carbonyl (C=O) groups is 1. The first-order valence-corrected chi connectivity index (χ1v) is 4.88. The lowest BCUT2D eigenvalue weighted by molar-refractivity contribution is -0.137. The van der Waals surface area contributed by atoms with Gasteiger partial charge in [0, 0.05) is 0 Å². The standard InChI is InChI=1S/C11H7F3N2O2/c1-5-9(10(17)18)16-8-4-6(11(12,13)14)2-3-7(8)15-5/h2-4H,1H3,(H,17,18). The zero-order valence-electron chi connectivity index (χ0n) is 9.12. The molecule has 0 radical (unpaired) electrons. The molecule has 2 rings (SSSR count). The summed E-state index contributed by atoms with van der Waals surface area (Å²) < 4.78 is 37.5. The molecule has 18 heavy (non-hydrogen) atoms. The van der Waals surface area contributed by atoms with E-state index >= 15 is 0 Å². The van der Waals surface area contributed by atoms with Crippen molar-refractivity contribution in [3.05, 3.63) is 35.2 Å². The van der Waals surface area contributed by atoms with Crippen molar-refractivity contribution in [2.75, 3.05) is 0 Å². The summed E-state index contributed by atoms with van der Waals surface area (Å²) in [5.41, 5.74) is -0.931. The van der Waals surface area contributed by atoms with Gasteiger partial charge in [0.25, 0.3) is 0 Å². The van der Waals surface area contributed by atoms with Crippen LogP contribution in [-0.4, -0.2) is 21.0 Å². The lowest BCUT2D eigenvalue weighted by Gasteiger charge is -2.08. The highest BCUT2D eigenvalue weighted by molar-refractivity contribution is 5.89. The van der Waals surface area contributed by atoms with E-state index in [1.807, 2.05) is 0 Å². The molecule has 4 nitrogen and oxygen atoms in total. The Hall–Kier alpha value is -2.18. The predicted molar refractivity (Wildman–Crippen MR) is 56.2 cm³/mol. The van der Waals surface area contributed by atoms with Gasteiger partial charge in [0.15, 0.2) is 5.69 Å². The first-order chi connectivity index (χ1) is 8.29. The molecule has 1 heterocycles. The van der Waals surface area contributed by atoms with Gasteiger partial charge < -0.3 is 5.11 Å². The van der Waals surface area contributed by atoms with Crippen LogP contribution < -0.4 is 0 Å². The Morgan fingerprint density at radius 3 is 2.44 bits per heavy atom. The zero-order valence-corrected chi connectivity index (χ0v) is 9.12. The van der Waals surface area contributed by atoms with Gasteiger partial charge >= 0.3 is 12.1 Å². The minimum Gasteiger partial charge on any atom is -0.476 e. The molecule has 0 bridgehead atoms. The van der Waals surface area contributed by atoms with Crippen molar-refractivity contribution in [2.45, 2.75) is 13.1 Å². The smallest absolute Gasteiger partial charge is 0.416 e. The number of carboxylic acid groups (broad SMARTS) is 1. The molecule has 0 amide bonds. The molecule has 0 saturated carbocycles. The highest BCUT2D eigenvalue weighted by Gasteiger charge is 2.30. The van der Waals surface area contributed by atoms with E-state index in [9.17, 15) is 18.0 Å². The maximum Gasteiger partial charge on any atom is 0.416 e. The normalized spacial score (nSPS) is 11.8. The van der Waals surface area contributed by atoms with E-state index in [2.05, 4.69) is 9.97 Å². The van der Waals surface area contributed by atoms with Crippen molar-refractivity contribution < 1.29 is 23.1 Å². The summed E-state index contributed by atoms with van der Waals surface area (Å²) in [6, 6.07) is 2.84. The van der Waals surface area contributed by atoms with Crippen molar-refractivity contribution in [1.82, 2.24) is 9.97 Å². The van der Waals surface area contributed by atoms with Gasteiger partial charge in [0.2, 0.25) is 0 Å². The van der Waals surface area contributed by atoms with E-state index < -0.39 is 17.7 Å². The first kappa shape index (κ1) is 12.3. The average molecular weight is 256 g/mol. The Labute approximate surface area is 99.1 Å². The zero-order chi connectivity index (χ0) is 13.5. The van der Waals surface area contributed by atoms with Gasteiger partial charge in [-0.1, -0.05) is 0 Å². The monoisotopic (exact) mass is 256 g/mol. The molecule has 94 valence electrons. The molecule has 0 unspecified atom stereocenters. The van der Waals surface area contributed by atoms with Gasteiger partial charge in [-0.15, -0.1) is 0 Å². The molecule has 7 heteroatoms. The first-order valence-electron chi connectivity index (χ1n) is 4.88. The number of alkyl halides is 3. The molecule has 1 aromatic heterocycles. The number of carboxylic acids is 1. The highest BCUT2D eigenvalue weighted by atomic mass is 19.4. The van der Waals surface area contributed by atoms with Gasteiger partial charge in [-0.05, 0) is 25.1 Å². The summed E-state index contributed by atoms with van der Waals surface area (Å²) in [6.07, 6.45) is -4.50. The molecule has 0 aliphatic heterocycles. The lowest BCUT2D eigenvalue weighted by Crippen LogP contribution is -2.08. The molecular weight excluding hydrogens is 249 g/mol. The summed E-state index contributed by atoms with van der Waals surface area (Å²) in [5.74, 6) is -1.32. The van der Waals surface area contributed by atoms with Crippen LogP contribution in [0.2, 0.25) is 0 Å². The van der Waals surface area contributed by atoms with Crippen molar-refractivity contribution >= 4 is 17.0 Å². The Bertz CT molecular complexity index is 638. The number of halogens is 3. The molecule has 0 aliphatic carbocycles. The van der Waals surface area contributed by atoms with Crippen LogP contribution in [0.15, 0.2) is 18.2 Å². The minimum atomic E-state index is -4.50. The molecule has 0 fully saturated rings. The number of nitrogens with zero attached hydrogens (tertiary/aromatic N) is 2. The number of aromatic carboxylic acids is 1. The van der Waals surface area contributed by atoms with E-state index in [1.165, 1.54) is 13.0 Å². The van der Waals surface area contributed by atoms with E-state index in [0.29, 0.717) is 0 Å². The second-order valence-corrected chi connectivity index (χ2v) is 3.66. The molecule has 1 N–H and O–H groups in total. The van der Waals surface area contributed by atoms with E-state index in [4.69, 9.17) is 5.11 Å². The van der Waals surface area contributed by atoms with Gasteiger partial charge in [-0.25, -0.2) is 14.8 Å². The van der Waals surface area contributed by atoms with Crippen LogP contribution in [-0.2, 0) is 6.18 Å². The molecule has 0 spiro atoms. The summed E-state index contributed by atoms with van der Waals surface area (Å²) >= 11 is 0. The van der Waals surface area contributed by atoms with Crippen LogP contribution in [0.5, 0.6) is 0 Å². The maximum atomic E-state index is 12.5. The van der Waals surface area contributed by atoms with Crippen LogP contribution in [0.4, 0.5) is 13.2 Å². The molecule has 0 atom stereocenters. The third-order valence-electron chi connectivity index (χ3n) is 2.37. The average Bonchev–Trinajstić information content (AvgIpc) is 2.25. The topological polar surface area (TPSA) is 63.1 Å². The molecular formula is C11H7F3N2O2. The second kappa shape index (κ2) is 3.94. The van der Waals surface area contributed by atoms with Crippen LogP contribution >= 0.6 is 0 Å². The molecule has 0 aliphatic rings. The number of benzene rings is 1. The fourth-order valence-electron chi connectivity index (χ4n) is 1.52. The van der Waals surface area contributed by atoms with Gasteiger partial charge in [-0.2, -0.15) is 13.2 Å². The third-order valence-corrected chi connectivity index (χ3v) is 2.37. The summed E-state index contributed by atoms with van der Waals surface area (Å²) in [4.78, 5) is 18.4. The number of hydrogen-bond acceptors (Lipinski definition) is 3. The number of rotatable bonds is 1. The van der Waals surface area contributed by atoms with E-state index in [-0.39, 0.29) is 22.4 Å². The predicted octanol–water partition coefficient (Wildman–Crippen LogP) is 2.66. The Kier molecular flexibility index (Phi) is 2.68. The largest absolute Gasteiger partial charge is 0.476 e. The molecule has 2 aromatic rings. The SMILES string of the molecule is Cc1nc2ccc(C(F)(F)F)cc2nc1C(=O)O. The maximum absolute atomic E-state index is 12.5. The number of hydrogen-bond donors (Lipinski definition) is 1. The number of fused-ring (bicyclic) bond motifs is 1. The summed E-state index contributed by atoms with van der Waals surface area (Å²) in [6.45, 7) is 1.44. The van der Waals surface area contributed by atoms with Crippen molar-refractivity contribution in [3.8, 4) is 0 Å². The molecule has 1 aromatic carbocycles. The summed E-state index contributed by atoms with van der Waals surface area (Å²) in [5, 5.41) is 8.83. The second-order valence-electron chi connectivity index (χ2n) is 3.66. The van der Waals surface area contributed by atoms with Crippen LogP contribution in [0, 0.1) is 6.92 Å². The Morgan fingerprint density at radius 1 is 1.22 bits per heavy atom. The van der Waals surface area contributed by atoms with Crippen LogP contribution in [0.25, 0.3) is 11.0 Å². The quantitative estimate of drug-likeness (QED) is 0.851. The third kappa shape index (κ3) is 2.11. The van der Waals surface area contributed by atoms with E-state index in [0.717, 1.165) is 12.1 Å². The van der Waals surface area contributed by atoms with Crippen molar-refractivity contribution in [2.24, 2.45) is 0 Å². The van der Waals surface area contributed by atoms with Crippen molar-refractivity contribution in [1.29, 1.82) is 0 Å². The lowest BCUT2D eigenvalue weighted by atomic mass is 10.1. The molecule has 0 saturated heterocycles. The highest BCUT2D eigenvalue weighted by Crippen LogP contribution is 2.30. The Morgan fingerprint density at radius 2 is 1.89 bits per heavy atom.